The van der Waals surface area contributed by atoms with E-state index < -0.39 is 42.0 Å². The van der Waals surface area contributed by atoms with Crippen LogP contribution in [-0.2, 0) is 10.3 Å². The molecule has 2 aromatic rings. The SMILES string of the molecule is N#Cc1ccc(/C(F)=C/c2ccc(F)c([C@@]34CO[C@@H](C(F)(F)F)[C@@H]3CSC(N)=N4)c2)nc1. The van der Waals surface area contributed by atoms with Crippen LogP contribution in [0, 0.1) is 23.1 Å². The number of benzene rings is 1. The number of aliphatic imine (C=N–C) groups is 1. The van der Waals surface area contributed by atoms with Crippen molar-refractivity contribution in [2.24, 2.45) is 16.6 Å². The lowest BCUT2D eigenvalue weighted by Gasteiger charge is -2.36. The number of ether oxygens (including phenoxy) is 1. The van der Waals surface area contributed by atoms with Gasteiger partial charge in [-0.25, -0.2) is 13.8 Å². The number of fused-ring (bicyclic) bond motifs is 1. The summed E-state index contributed by atoms with van der Waals surface area (Å²) in [6, 6.07) is 8.15. The van der Waals surface area contributed by atoms with Gasteiger partial charge in [-0.3, -0.25) is 4.98 Å². The van der Waals surface area contributed by atoms with Crippen LogP contribution in [0.4, 0.5) is 22.0 Å². The summed E-state index contributed by atoms with van der Waals surface area (Å²) in [4.78, 5) is 8.05. The van der Waals surface area contributed by atoms with Gasteiger partial charge in [-0.2, -0.15) is 18.4 Å². The standard InChI is InChI=1S/C21H15F5N4OS/c22-15-3-1-11(6-16(23)17-4-2-12(7-27)8-29-17)5-13(15)20-10-31-18(21(24,25)26)14(20)9-32-19(28)30-20/h1-6,8,14,18H,9-10H2,(H2,28,30)/b16-6-/t14-,18+,20-/m0/s1. The second kappa shape index (κ2) is 8.18. The van der Waals surface area contributed by atoms with Crippen LogP contribution >= 0.6 is 11.8 Å². The van der Waals surface area contributed by atoms with Gasteiger partial charge in [0.15, 0.2) is 11.3 Å². The highest BCUT2D eigenvalue weighted by molar-refractivity contribution is 8.13. The number of amidine groups is 1. The molecule has 1 fully saturated rings. The van der Waals surface area contributed by atoms with Gasteiger partial charge in [0.05, 0.1) is 17.9 Å². The van der Waals surface area contributed by atoms with E-state index in [-0.39, 0.29) is 33.3 Å². The van der Waals surface area contributed by atoms with Gasteiger partial charge in [-0.1, -0.05) is 17.8 Å². The van der Waals surface area contributed by atoms with Gasteiger partial charge in [0.2, 0.25) is 0 Å². The highest BCUT2D eigenvalue weighted by atomic mass is 32.2. The molecule has 0 unspecified atom stereocenters. The fourth-order valence-electron chi connectivity index (χ4n) is 3.88. The van der Waals surface area contributed by atoms with E-state index in [4.69, 9.17) is 15.7 Å². The first-order chi connectivity index (χ1) is 15.1. The molecule has 0 aliphatic carbocycles. The minimum atomic E-state index is -4.66. The van der Waals surface area contributed by atoms with Crippen molar-refractivity contribution >= 4 is 28.8 Å². The lowest BCUT2D eigenvalue weighted by molar-refractivity contribution is -0.215. The Bertz CT molecular complexity index is 1140. The van der Waals surface area contributed by atoms with Crippen molar-refractivity contribution in [2.75, 3.05) is 12.4 Å². The molecule has 0 spiro atoms. The highest BCUT2D eigenvalue weighted by Gasteiger charge is 2.61. The molecule has 1 aromatic heterocycles. The number of rotatable bonds is 3. The van der Waals surface area contributed by atoms with Crippen molar-refractivity contribution in [3.8, 4) is 6.07 Å². The first-order valence-corrected chi connectivity index (χ1v) is 10.3. The number of halogens is 5. The van der Waals surface area contributed by atoms with Gasteiger partial charge in [0.25, 0.3) is 0 Å². The topological polar surface area (TPSA) is 84.3 Å². The third-order valence-corrected chi connectivity index (χ3v) is 6.31. The van der Waals surface area contributed by atoms with Crippen molar-refractivity contribution in [1.29, 1.82) is 5.26 Å². The normalized spacial score (nSPS) is 25.8. The predicted octanol–water partition coefficient (Wildman–Crippen LogP) is 4.39. The molecule has 1 saturated heterocycles. The van der Waals surface area contributed by atoms with E-state index in [1.165, 1.54) is 30.5 Å². The highest BCUT2D eigenvalue weighted by Crippen LogP contribution is 2.51. The van der Waals surface area contributed by atoms with Crippen LogP contribution in [0.15, 0.2) is 41.5 Å². The average molecular weight is 466 g/mol. The number of hydrogen-bond acceptors (Lipinski definition) is 6. The maximum Gasteiger partial charge on any atom is 0.415 e. The molecule has 2 aliphatic heterocycles. The fraction of sp³-hybridized carbons (Fsp3) is 0.286. The van der Waals surface area contributed by atoms with Crippen molar-refractivity contribution in [3.63, 3.8) is 0 Å². The van der Waals surface area contributed by atoms with Crippen LogP contribution < -0.4 is 5.73 Å². The van der Waals surface area contributed by atoms with Gasteiger partial charge in [-0.15, -0.1) is 0 Å². The zero-order valence-electron chi connectivity index (χ0n) is 16.2. The minimum Gasteiger partial charge on any atom is -0.379 e. The summed E-state index contributed by atoms with van der Waals surface area (Å²) >= 11 is 0.951. The summed E-state index contributed by atoms with van der Waals surface area (Å²) in [6.45, 7) is -0.507. The summed E-state index contributed by atoms with van der Waals surface area (Å²) in [5.41, 5.74) is 4.36. The molecule has 2 aliphatic rings. The molecule has 0 radical (unpaired) electrons. The molecular weight excluding hydrogens is 451 g/mol. The van der Waals surface area contributed by atoms with Crippen LogP contribution in [0.5, 0.6) is 0 Å². The first-order valence-electron chi connectivity index (χ1n) is 9.34. The number of aromatic nitrogens is 1. The third-order valence-electron chi connectivity index (χ3n) is 5.39. The summed E-state index contributed by atoms with van der Waals surface area (Å²) in [7, 11) is 0. The minimum absolute atomic E-state index is 0.0287. The second-order valence-corrected chi connectivity index (χ2v) is 8.38. The van der Waals surface area contributed by atoms with Crippen LogP contribution in [0.2, 0.25) is 0 Å². The Kier molecular flexibility index (Phi) is 5.68. The van der Waals surface area contributed by atoms with E-state index in [9.17, 15) is 22.0 Å². The lowest BCUT2D eigenvalue weighted by Crippen LogP contribution is -2.46. The largest absolute Gasteiger partial charge is 0.415 e. The Morgan fingerprint density at radius 2 is 2.09 bits per heavy atom. The molecule has 0 bridgehead atoms. The molecule has 3 heterocycles. The molecule has 32 heavy (non-hydrogen) atoms. The van der Waals surface area contributed by atoms with Crippen LogP contribution in [-0.4, -0.2) is 34.8 Å². The first kappa shape index (κ1) is 22.2. The molecule has 1 aromatic carbocycles. The fourth-order valence-corrected chi connectivity index (χ4v) is 4.91. The van der Waals surface area contributed by atoms with E-state index in [1.807, 2.05) is 6.07 Å². The maximum absolute atomic E-state index is 14.9. The second-order valence-electron chi connectivity index (χ2n) is 7.34. The molecule has 4 rings (SSSR count). The number of nitrogens with zero attached hydrogens (tertiary/aromatic N) is 3. The van der Waals surface area contributed by atoms with Gasteiger partial charge in [-0.05, 0) is 35.9 Å². The smallest absolute Gasteiger partial charge is 0.379 e. The van der Waals surface area contributed by atoms with Crippen LogP contribution in [0.1, 0.15) is 22.4 Å². The van der Waals surface area contributed by atoms with Crippen LogP contribution in [0.3, 0.4) is 0 Å². The van der Waals surface area contributed by atoms with Crippen LogP contribution in [0.25, 0.3) is 11.9 Å². The summed E-state index contributed by atoms with van der Waals surface area (Å²) in [5.74, 6) is -2.81. The monoisotopic (exact) mass is 466 g/mol. The van der Waals surface area contributed by atoms with Crippen molar-refractivity contribution in [3.05, 3.63) is 64.7 Å². The Balaban J connectivity index is 1.76. The molecule has 166 valence electrons. The molecule has 3 atom stereocenters. The number of alkyl halides is 3. The van der Waals surface area contributed by atoms with E-state index in [0.717, 1.165) is 23.9 Å². The van der Waals surface area contributed by atoms with E-state index in [2.05, 4.69) is 9.98 Å². The molecular formula is C21H15F5N4OS. The third kappa shape index (κ3) is 3.96. The van der Waals surface area contributed by atoms with Crippen molar-refractivity contribution < 1.29 is 26.7 Å². The van der Waals surface area contributed by atoms with Gasteiger partial charge < -0.3 is 10.5 Å². The Morgan fingerprint density at radius 1 is 1.31 bits per heavy atom. The summed E-state index contributed by atoms with van der Waals surface area (Å²) in [5, 5.41) is 8.84. The molecule has 11 heteroatoms. The van der Waals surface area contributed by atoms with Gasteiger partial charge in [0.1, 0.15) is 23.3 Å². The Hall–Kier alpha value is -2.97. The average Bonchev–Trinajstić information content (AvgIpc) is 3.15. The van der Waals surface area contributed by atoms with E-state index in [1.54, 1.807) is 0 Å². The van der Waals surface area contributed by atoms with Gasteiger partial charge >= 0.3 is 6.18 Å². The number of nitrogens with two attached hydrogens (primary N) is 1. The number of nitriles is 1. The van der Waals surface area contributed by atoms with Crippen molar-refractivity contribution in [2.45, 2.75) is 17.8 Å². The van der Waals surface area contributed by atoms with Crippen molar-refractivity contribution in [1.82, 2.24) is 4.98 Å². The number of hydrogen-bond donors (Lipinski definition) is 1. The summed E-state index contributed by atoms with van der Waals surface area (Å²) in [6.07, 6.45) is -4.50. The number of pyridine rings is 1. The number of thioether (sulfide) groups is 1. The lowest BCUT2D eigenvalue weighted by atomic mass is 9.78. The van der Waals surface area contributed by atoms with Gasteiger partial charge in [0, 0.05) is 23.4 Å². The molecule has 0 saturated carbocycles. The molecule has 2 N–H and O–H groups in total. The quantitative estimate of drug-likeness (QED) is 0.679. The zero-order valence-corrected chi connectivity index (χ0v) is 17.1. The van der Waals surface area contributed by atoms with E-state index in [0.29, 0.717) is 0 Å². The predicted molar refractivity (Wildman–Crippen MR) is 109 cm³/mol. The maximum atomic E-state index is 14.9. The summed E-state index contributed by atoms with van der Waals surface area (Å²) < 4.78 is 75.1. The Labute approximate surface area is 183 Å². The Morgan fingerprint density at radius 3 is 2.75 bits per heavy atom. The molecule has 5 nitrogen and oxygen atoms in total. The zero-order chi connectivity index (χ0) is 23.1. The van der Waals surface area contributed by atoms with E-state index >= 15 is 0 Å². The molecule has 0 amide bonds.